The van der Waals surface area contributed by atoms with Gasteiger partial charge in [-0.25, -0.2) is 4.98 Å². The van der Waals surface area contributed by atoms with Gasteiger partial charge in [0.1, 0.15) is 17.9 Å². The first kappa shape index (κ1) is 31.8. The minimum atomic E-state index is -4.61. The van der Waals surface area contributed by atoms with Crippen LogP contribution in [0, 0.1) is 0 Å². The molecule has 1 spiro atoms. The Morgan fingerprint density at radius 3 is 2.54 bits per heavy atom. The standard InChI is InChI=1S/C30H28ClF3N8O6/c31-18-14-17(30(32,33)34)3-4-19(18)36-22(44)15-41-20-16-48-29(5-8-39(9-6-29)26(46)24-21(43)2-1-7-35-24)23(20)25(45)42-28(41)37-27(38-42)40-10-12-47-13-11-40/h1-4,7,14,43H,5-6,8-13,15-16H2,(H,36,44). The van der Waals surface area contributed by atoms with Gasteiger partial charge in [0.15, 0.2) is 5.69 Å². The van der Waals surface area contributed by atoms with Crippen LogP contribution in [-0.2, 0) is 39.2 Å². The van der Waals surface area contributed by atoms with E-state index in [-0.39, 0.29) is 72.0 Å². The number of morpholine rings is 1. The number of pyridine rings is 1. The summed E-state index contributed by atoms with van der Waals surface area (Å²) in [6.07, 6.45) is -2.73. The third-order valence-electron chi connectivity index (χ3n) is 8.80. The number of anilines is 2. The van der Waals surface area contributed by atoms with Gasteiger partial charge in [-0.05, 0) is 43.2 Å². The number of aromatic nitrogens is 5. The third kappa shape index (κ3) is 5.60. The Hall–Kier alpha value is -4.74. The van der Waals surface area contributed by atoms with Crippen LogP contribution in [0.3, 0.4) is 0 Å². The number of likely N-dealkylation sites (tertiary alicyclic amines) is 1. The molecule has 7 rings (SSSR count). The molecule has 18 heteroatoms. The molecular weight excluding hydrogens is 661 g/mol. The monoisotopic (exact) mass is 688 g/mol. The second kappa shape index (κ2) is 12.1. The molecule has 0 atom stereocenters. The number of piperidine rings is 1. The fraction of sp³-hybridized carbons (Fsp3) is 0.400. The number of halogens is 4. The minimum absolute atomic E-state index is 0.0254. The Bertz CT molecular complexity index is 1990. The molecule has 1 aromatic carbocycles. The van der Waals surface area contributed by atoms with Gasteiger partial charge in [0.05, 0.1) is 47.4 Å². The average Bonchev–Trinajstić information content (AvgIpc) is 3.68. The van der Waals surface area contributed by atoms with E-state index in [0.717, 1.165) is 22.7 Å². The van der Waals surface area contributed by atoms with Crippen LogP contribution in [0.5, 0.6) is 5.75 Å². The van der Waals surface area contributed by atoms with Crippen molar-refractivity contribution < 1.29 is 37.3 Å². The van der Waals surface area contributed by atoms with E-state index in [1.807, 2.05) is 4.90 Å². The van der Waals surface area contributed by atoms with Crippen molar-refractivity contribution in [3.63, 3.8) is 0 Å². The topological polar surface area (TPSA) is 156 Å². The maximum atomic E-state index is 14.1. The van der Waals surface area contributed by atoms with Crippen LogP contribution in [0.2, 0.25) is 5.02 Å². The van der Waals surface area contributed by atoms with Crippen LogP contribution < -0.4 is 15.8 Å². The van der Waals surface area contributed by atoms with Gasteiger partial charge >= 0.3 is 6.18 Å². The van der Waals surface area contributed by atoms with Crippen molar-refractivity contribution >= 4 is 40.8 Å². The predicted octanol–water partition coefficient (Wildman–Crippen LogP) is 2.80. The van der Waals surface area contributed by atoms with Crippen LogP contribution in [0.15, 0.2) is 41.3 Å². The number of carbonyl (C=O) groups excluding carboxylic acids is 2. The van der Waals surface area contributed by atoms with Crippen molar-refractivity contribution in [2.45, 2.75) is 37.8 Å². The summed E-state index contributed by atoms with van der Waals surface area (Å²) in [6, 6.07) is 5.50. The van der Waals surface area contributed by atoms with Crippen LogP contribution in [-0.4, -0.2) is 85.4 Å². The zero-order valence-electron chi connectivity index (χ0n) is 25.2. The number of nitrogens with one attached hydrogen (secondary N) is 1. The van der Waals surface area contributed by atoms with E-state index in [1.54, 1.807) is 0 Å². The predicted molar refractivity (Wildman–Crippen MR) is 163 cm³/mol. The lowest BCUT2D eigenvalue weighted by Gasteiger charge is -2.38. The van der Waals surface area contributed by atoms with Crippen molar-refractivity contribution in [2.75, 3.05) is 49.6 Å². The Morgan fingerprint density at radius 2 is 1.85 bits per heavy atom. The molecule has 3 aliphatic heterocycles. The molecule has 6 heterocycles. The summed E-state index contributed by atoms with van der Waals surface area (Å²) in [6.45, 7) is 1.78. The number of ether oxygens (including phenoxy) is 2. The molecule has 0 radical (unpaired) electrons. The van der Waals surface area contributed by atoms with Gasteiger partial charge in [0.25, 0.3) is 11.5 Å². The van der Waals surface area contributed by atoms with E-state index in [9.17, 15) is 32.7 Å². The molecule has 2 N–H and O–H groups in total. The summed E-state index contributed by atoms with van der Waals surface area (Å²) in [4.78, 5) is 52.7. The highest BCUT2D eigenvalue weighted by atomic mass is 35.5. The van der Waals surface area contributed by atoms with E-state index in [4.69, 9.17) is 21.1 Å². The SMILES string of the molecule is O=C(Cn1c2c(c(=O)n3nc(N4CCOCC4)nc13)C1(CCN(C(=O)c3ncccc3O)CC1)OC2)Nc1ccc(C(F)(F)F)cc1Cl. The summed E-state index contributed by atoms with van der Waals surface area (Å²) >= 11 is 6.09. The first-order valence-electron chi connectivity index (χ1n) is 15.0. The summed E-state index contributed by atoms with van der Waals surface area (Å²) in [5.74, 6) is -0.998. The molecule has 0 saturated carbocycles. The lowest BCUT2D eigenvalue weighted by molar-refractivity contribution is -0.137. The molecule has 4 aromatic rings. The van der Waals surface area contributed by atoms with Crippen LogP contribution in [0.1, 0.15) is 40.2 Å². The van der Waals surface area contributed by atoms with Crippen molar-refractivity contribution in [2.24, 2.45) is 0 Å². The van der Waals surface area contributed by atoms with Crippen molar-refractivity contribution in [1.29, 1.82) is 0 Å². The van der Waals surface area contributed by atoms with Gasteiger partial charge in [0.2, 0.25) is 17.6 Å². The van der Waals surface area contributed by atoms with E-state index in [0.29, 0.717) is 32.0 Å². The molecular formula is C30H28ClF3N8O6. The highest BCUT2D eigenvalue weighted by Gasteiger charge is 2.48. The second-order valence-electron chi connectivity index (χ2n) is 11.6. The third-order valence-corrected chi connectivity index (χ3v) is 9.11. The molecule has 2 saturated heterocycles. The average molecular weight is 689 g/mol. The molecule has 14 nitrogen and oxygen atoms in total. The van der Waals surface area contributed by atoms with Gasteiger partial charge in [-0.3, -0.25) is 14.4 Å². The number of hydrogen-bond acceptors (Lipinski definition) is 10. The van der Waals surface area contributed by atoms with E-state index >= 15 is 0 Å². The highest BCUT2D eigenvalue weighted by Crippen LogP contribution is 2.43. The van der Waals surface area contributed by atoms with Gasteiger partial charge in [-0.1, -0.05) is 11.6 Å². The Morgan fingerprint density at radius 1 is 1.10 bits per heavy atom. The fourth-order valence-corrected chi connectivity index (χ4v) is 6.57. The molecule has 2 amide bonds. The van der Waals surface area contributed by atoms with Gasteiger partial charge in [-0.15, -0.1) is 5.10 Å². The summed E-state index contributed by atoms with van der Waals surface area (Å²) in [5.41, 5.74) is -1.98. The highest BCUT2D eigenvalue weighted by molar-refractivity contribution is 6.33. The molecule has 0 unspecified atom stereocenters. The molecule has 3 aliphatic rings. The zero-order chi connectivity index (χ0) is 33.8. The largest absolute Gasteiger partial charge is 0.505 e. The van der Waals surface area contributed by atoms with Crippen molar-refractivity contribution in [3.8, 4) is 5.75 Å². The molecule has 252 valence electrons. The Kier molecular flexibility index (Phi) is 7.99. The van der Waals surface area contributed by atoms with Crippen molar-refractivity contribution in [3.05, 3.63) is 74.4 Å². The first-order chi connectivity index (χ1) is 22.9. The molecule has 0 aliphatic carbocycles. The fourth-order valence-electron chi connectivity index (χ4n) is 6.34. The van der Waals surface area contributed by atoms with Crippen LogP contribution in [0.4, 0.5) is 24.8 Å². The van der Waals surface area contributed by atoms with E-state index < -0.39 is 41.3 Å². The summed E-state index contributed by atoms with van der Waals surface area (Å²) in [5, 5.41) is 16.9. The first-order valence-corrected chi connectivity index (χ1v) is 15.4. The van der Waals surface area contributed by atoms with Gasteiger partial charge in [-0.2, -0.15) is 22.7 Å². The Labute approximate surface area is 274 Å². The molecule has 48 heavy (non-hydrogen) atoms. The quantitative estimate of drug-likeness (QED) is 0.320. The smallest absolute Gasteiger partial charge is 0.416 e. The lowest BCUT2D eigenvalue weighted by atomic mass is 9.85. The summed E-state index contributed by atoms with van der Waals surface area (Å²) < 4.78 is 53.8. The Balaban J connectivity index is 1.23. The van der Waals surface area contributed by atoms with Gasteiger partial charge < -0.3 is 34.3 Å². The number of aromatic hydroxyl groups is 1. The van der Waals surface area contributed by atoms with Crippen LogP contribution >= 0.6 is 11.6 Å². The van der Waals surface area contributed by atoms with Gasteiger partial charge in [0, 0.05) is 32.4 Å². The van der Waals surface area contributed by atoms with Crippen LogP contribution in [0.25, 0.3) is 5.78 Å². The number of rotatable bonds is 5. The zero-order valence-corrected chi connectivity index (χ0v) is 25.9. The summed E-state index contributed by atoms with van der Waals surface area (Å²) in [7, 11) is 0. The molecule has 0 bridgehead atoms. The number of benzene rings is 1. The second-order valence-corrected chi connectivity index (χ2v) is 12.0. The number of nitrogens with zero attached hydrogens (tertiary/aromatic N) is 7. The normalized spacial score (nSPS) is 17.6. The molecule has 2 fully saturated rings. The number of amides is 2. The minimum Gasteiger partial charge on any atom is -0.505 e. The number of fused-ring (bicyclic) bond motifs is 3. The molecule has 3 aromatic heterocycles. The maximum Gasteiger partial charge on any atom is 0.416 e. The van der Waals surface area contributed by atoms with E-state index in [1.165, 1.54) is 27.8 Å². The number of carbonyl (C=O) groups is 2. The lowest BCUT2D eigenvalue weighted by Crippen LogP contribution is -2.47. The van der Waals surface area contributed by atoms with Crippen molar-refractivity contribution in [1.82, 2.24) is 29.0 Å². The number of alkyl halides is 3. The number of hydrogen-bond donors (Lipinski definition) is 2. The maximum absolute atomic E-state index is 14.1. The van der Waals surface area contributed by atoms with E-state index in [2.05, 4.69) is 20.4 Å².